The number of hydrogen-bond donors (Lipinski definition) is 1. The van der Waals surface area contributed by atoms with Crippen LogP contribution in [-0.2, 0) is 0 Å². The van der Waals surface area contributed by atoms with Crippen LogP contribution < -0.4 is 14.2 Å². The first-order chi connectivity index (χ1) is 9.53. The van der Waals surface area contributed by atoms with Crippen molar-refractivity contribution in [3.63, 3.8) is 0 Å². The number of rotatable bonds is 5. The van der Waals surface area contributed by atoms with Gasteiger partial charge in [0.05, 0.1) is 20.3 Å². The molecule has 2 aromatic rings. The van der Waals surface area contributed by atoms with Gasteiger partial charge in [0, 0.05) is 6.07 Å². The van der Waals surface area contributed by atoms with Gasteiger partial charge in [0.15, 0.2) is 5.75 Å². The second-order valence-electron chi connectivity index (χ2n) is 3.69. The van der Waals surface area contributed by atoms with Crippen molar-refractivity contribution in [2.45, 2.75) is 6.92 Å². The molecular formula is C12H12N2O6. The molecule has 2 heterocycles. The third kappa shape index (κ3) is 2.79. The normalized spacial score (nSPS) is 10.2. The van der Waals surface area contributed by atoms with Crippen molar-refractivity contribution < 1.29 is 28.5 Å². The Bertz CT molecular complexity index is 615. The quantitative estimate of drug-likeness (QED) is 0.885. The first-order valence-electron chi connectivity index (χ1n) is 5.52. The highest BCUT2D eigenvalue weighted by Crippen LogP contribution is 2.29. The Morgan fingerprint density at radius 1 is 1.20 bits per heavy atom. The van der Waals surface area contributed by atoms with Crippen LogP contribution in [0.2, 0.25) is 0 Å². The predicted octanol–water partition coefficient (Wildman–Crippen LogP) is 1.89. The fourth-order valence-electron chi connectivity index (χ4n) is 1.45. The van der Waals surface area contributed by atoms with Crippen LogP contribution in [0.3, 0.4) is 0 Å². The van der Waals surface area contributed by atoms with Gasteiger partial charge in [-0.1, -0.05) is 0 Å². The minimum absolute atomic E-state index is 0.00491. The molecule has 0 saturated heterocycles. The third-order valence-corrected chi connectivity index (χ3v) is 2.29. The van der Waals surface area contributed by atoms with Crippen molar-refractivity contribution in [1.82, 2.24) is 9.97 Å². The van der Waals surface area contributed by atoms with E-state index in [0.717, 1.165) is 0 Å². The second-order valence-corrected chi connectivity index (χ2v) is 3.69. The summed E-state index contributed by atoms with van der Waals surface area (Å²) >= 11 is 0. The van der Waals surface area contributed by atoms with Crippen LogP contribution in [0.4, 0.5) is 0 Å². The smallest absolute Gasteiger partial charge is 0.375 e. The summed E-state index contributed by atoms with van der Waals surface area (Å²) in [7, 11) is 2.85. The van der Waals surface area contributed by atoms with Gasteiger partial charge in [0.25, 0.3) is 5.76 Å². The number of hydrogen-bond acceptors (Lipinski definition) is 7. The Hall–Kier alpha value is -2.77. The van der Waals surface area contributed by atoms with Gasteiger partial charge < -0.3 is 23.7 Å². The fraction of sp³-hybridized carbons (Fsp3) is 0.250. The number of nitrogens with zero attached hydrogens (tertiary/aromatic N) is 2. The number of aromatic nitrogens is 2. The molecule has 2 rings (SSSR count). The Morgan fingerprint density at radius 3 is 2.30 bits per heavy atom. The molecule has 1 N–H and O–H groups in total. The first-order valence-corrected chi connectivity index (χ1v) is 5.52. The zero-order chi connectivity index (χ0) is 14.7. The van der Waals surface area contributed by atoms with E-state index >= 15 is 0 Å². The van der Waals surface area contributed by atoms with Gasteiger partial charge >= 0.3 is 12.0 Å². The molecule has 0 spiro atoms. The molecule has 8 heteroatoms. The van der Waals surface area contributed by atoms with Crippen molar-refractivity contribution in [2.24, 2.45) is 0 Å². The lowest BCUT2D eigenvalue weighted by Crippen LogP contribution is -2.00. The van der Waals surface area contributed by atoms with E-state index in [1.165, 1.54) is 26.4 Å². The number of aromatic carboxylic acids is 1. The number of carboxylic acids is 1. The van der Waals surface area contributed by atoms with E-state index in [2.05, 4.69) is 9.97 Å². The summed E-state index contributed by atoms with van der Waals surface area (Å²) in [6.07, 6.45) is 0. The Morgan fingerprint density at radius 2 is 1.80 bits per heavy atom. The molecule has 20 heavy (non-hydrogen) atoms. The molecule has 0 atom stereocenters. The van der Waals surface area contributed by atoms with Gasteiger partial charge in [0.1, 0.15) is 5.76 Å². The van der Waals surface area contributed by atoms with Crippen molar-refractivity contribution in [3.05, 3.63) is 23.7 Å². The van der Waals surface area contributed by atoms with Crippen molar-refractivity contribution in [3.8, 4) is 23.5 Å². The zero-order valence-electron chi connectivity index (χ0n) is 11.0. The maximum absolute atomic E-state index is 11.0. The topological polar surface area (TPSA) is 104 Å². The molecule has 8 nitrogen and oxygen atoms in total. The van der Waals surface area contributed by atoms with Crippen LogP contribution in [0.15, 0.2) is 16.5 Å². The number of methoxy groups -OCH3 is 2. The molecule has 0 fully saturated rings. The van der Waals surface area contributed by atoms with E-state index in [9.17, 15) is 4.79 Å². The minimum Gasteiger partial charge on any atom is -0.481 e. The van der Waals surface area contributed by atoms with Gasteiger partial charge in [-0.15, -0.1) is 0 Å². The SMILES string of the molecule is COc1cc(OC)nc(Oc2cc(C)oc2C(=O)O)n1. The molecular weight excluding hydrogens is 268 g/mol. The standard InChI is InChI=1S/C12H12N2O6/c1-6-4-7(10(19-6)11(15)16)20-12-13-8(17-2)5-9(14-12)18-3/h4-5H,1-3H3,(H,15,16). The number of aryl methyl sites for hydroxylation is 1. The fourth-order valence-corrected chi connectivity index (χ4v) is 1.45. The summed E-state index contributed by atoms with van der Waals surface area (Å²) in [5.74, 6) is -0.721. The van der Waals surface area contributed by atoms with E-state index in [-0.39, 0.29) is 29.3 Å². The molecule has 0 aliphatic rings. The summed E-state index contributed by atoms with van der Waals surface area (Å²) < 4.78 is 20.3. The van der Waals surface area contributed by atoms with Crippen LogP contribution in [0.25, 0.3) is 0 Å². The lowest BCUT2D eigenvalue weighted by atomic mass is 10.4. The molecule has 0 aliphatic carbocycles. The van der Waals surface area contributed by atoms with Gasteiger partial charge in [-0.3, -0.25) is 0 Å². The number of carbonyl (C=O) groups is 1. The van der Waals surface area contributed by atoms with Crippen LogP contribution in [0, 0.1) is 6.92 Å². The summed E-state index contributed by atoms with van der Waals surface area (Å²) in [4.78, 5) is 18.9. The van der Waals surface area contributed by atoms with Crippen LogP contribution in [0.5, 0.6) is 23.5 Å². The van der Waals surface area contributed by atoms with Crippen molar-refractivity contribution in [1.29, 1.82) is 0 Å². The van der Waals surface area contributed by atoms with Gasteiger partial charge in [-0.05, 0) is 6.92 Å². The highest BCUT2D eigenvalue weighted by Gasteiger charge is 2.20. The second kappa shape index (κ2) is 5.47. The number of ether oxygens (including phenoxy) is 3. The summed E-state index contributed by atoms with van der Waals surface area (Å²) in [5, 5.41) is 8.99. The summed E-state index contributed by atoms with van der Waals surface area (Å²) in [5.41, 5.74) is 0. The average Bonchev–Trinajstić information content (AvgIpc) is 2.79. The lowest BCUT2D eigenvalue weighted by Gasteiger charge is -2.06. The first kappa shape index (κ1) is 13.7. The van der Waals surface area contributed by atoms with Crippen molar-refractivity contribution in [2.75, 3.05) is 14.2 Å². The summed E-state index contributed by atoms with van der Waals surface area (Å²) in [6, 6.07) is 2.79. The average molecular weight is 280 g/mol. The highest BCUT2D eigenvalue weighted by molar-refractivity contribution is 5.87. The minimum atomic E-state index is -1.25. The molecule has 0 unspecified atom stereocenters. The van der Waals surface area contributed by atoms with E-state index in [1.807, 2.05) is 0 Å². The molecule has 106 valence electrons. The molecule has 2 aromatic heterocycles. The third-order valence-electron chi connectivity index (χ3n) is 2.29. The molecule has 0 amide bonds. The highest BCUT2D eigenvalue weighted by atomic mass is 16.5. The number of carboxylic acid groups (broad SMARTS) is 1. The van der Waals surface area contributed by atoms with E-state index < -0.39 is 5.97 Å². The molecule has 0 bridgehead atoms. The maximum Gasteiger partial charge on any atom is 0.375 e. The lowest BCUT2D eigenvalue weighted by molar-refractivity contribution is 0.0657. The largest absolute Gasteiger partial charge is 0.481 e. The predicted molar refractivity (Wildman–Crippen MR) is 65.6 cm³/mol. The molecule has 0 aromatic carbocycles. The zero-order valence-corrected chi connectivity index (χ0v) is 11.0. The molecule has 0 saturated carbocycles. The Kier molecular flexibility index (Phi) is 3.74. The summed E-state index contributed by atoms with van der Waals surface area (Å²) in [6.45, 7) is 1.60. The Labute approximate surface area is 113 Å². The Balaban J connectivity index is 2.36. The van der Waals surface area contributed by atoms with Gasteiger partial charge in [0.2, 0.25) is 11.8 Å². The van der Waals surface area contributed by atoms with Crippen LogP contribution in [0.1, 0.15) is 16.3 Å². The van der Waals surface area contributed by atoms with Gasteiger partial charge in [-0.2, -0.15) is 9.97 Å². The maximum atomic E-state index is 11.0. The number of furan rings is 1. The van der Waals surface area contributed by atoms with Gasteiger partial charge in [-0.25, -0.2) is 4.79 Å². The molecule has 0 aliphatic heterocycles. The van der Waals surface area contributed by atoms with Crippen LogP contribution in [-0.4, -0.2) is 35.3 Å². The van der Waals surface area contributed by atoms with E-state index in [4.69, 9.17) is 23.7 Å². The van der Waals surface area contributed by atoms with E-state index in [1.54, 1.807) is 6.92 Å². The monoisotopic (exact) mass is 280 g/mol. The molecule has 0 radical (unpaired) electrons. The van der Waals surface area contributed by atoms with Crippen molar-refractivity contribution >= 4 is 5.97 Å². The van der Waals surface area contributed by atoms with E-state index in [0.29, 0.717) is 5.76 Å². The van der Waals surface area contributed by atoms with Crippen LogP contribution >= 0.6 is 0 Å².